The molecule has 0 unspecified atom stereocenters. The van der Waals surface area contributed by atoms with E-state index in [1.54, 1.807) is 6.92 Å². The first-order chi connectivity index (χ1) is 6.97. The minimum atomic E-state index is -1.19. The fourth-order valence-electron chi connectivity index (χ4n) is 1.74. The summed E-state index contributed by atoms with van der Waals surface area (Å²) in [5.74, 6) is -0.302. The van der Waals surface area contributed by atoms with Gasteiger partial charge in [0.05, 0.1) is 18.8 Å². The van der Waals surface area contributed by atoms with Gasteiger partial charge >= 0.3 is 0 Å². The van der Waals surface area contributed by atoms with Crippen LogP contribution < -0.4 is 5.32 Å². The first-order valence-electron chi connectivity index (χ1n) is 4.87. The van der Waals surface area contributed by atoms with Crippen LogP contribution in [0.3, 0.4) is 0 Å². The van der Waals surface area contributed by atoms with E-state index >= 15 is 0 Å². The van der Waals surface area contributed by atoms with Crippen molar-refractivity contribution in [2.75, 3.05) is 6.61 Å². The Labute approximate surface area is 87.9 Å². The number of amides is 1. The van der Waals surface area contributed by atoms with Crippen molar-refractivity contribution in [2.24, 2.45) is 0 Å². The molecule has 1 aliphatic heterocycles. The molecule has 1 fully saturated rings. The lowest BCUT2D eigenvalue weighted by molar-refractivity contribution is -0.190. The molecule has 4 N–H and O–H groups in total. The molecule has 6 nitrogen and oxygen atoms in total. The van der Waals surface area contributed by atoms with Gasteiger partial charge in [-0.15, -0.1) is 0 Å². The maximum atomic E-state index is 10.9. The molecule has 0 aromatic carbocycles. The van der Waals surface area contributed by atoms with Crippen LogP contribution in [-0.4, -0.2) is 58.3 Å². The fraction of sp³-hybridized carbons (Fsp3) is 0.889. The standard InChI is InChI=1S/C9H17NO5/c1-4-7(10-5(2)12)9(14)8(13)6(3-11)15-4/h4,6-9,11,13-14H,3H2,1-2H3,(H,10,12)/t4-,6+,7-,8-,9+/m0/s1. The number of aliphatic hydroxyl groups is 3. The molecular weight excluding hydrogens is 202 g/mol. The highest BCUT2D eigenvalue weighted by Gasteiger charge is 2.42. The van der Waals surface area contributed by atoms with Crippen LogP contribution in [0.5, 0.6) is 0 Å². The van der Waals surface area contributed by atoms with Gasteiger partial charge in [0, 0.05) is 6.92 Å². The summed E-state index contributed by atoms with van der Waals surface area (Å²) in [6.45, 7) is 2.62. The Hall–Kier alpha value is -0.690. The summed E-state index contributed by atoms with van der Waals surface area (Å²) in [5, 5.41) is 30.6. The Morgan fingerprint density at radius 3 is 2.47 bits per heavy atom. The molecule has 1 heterocycles. The average Bonchev–Trinajstić information content (AvgIpc) is 2.18. The van der Waals surface area contributed by atoms with Crippen LogP contribution in [0.4, 0.5) is 0 Å². The summed E-state index contributed by atoms with van der Waals surface area (Å²) in [4.78, 5) is 10.9. The summed E-state index contributed by atoms with van der Waals surface area (Å²) < 4.78 is 5.26. The van der Waals surface area contributed by atoms with Gasteiger partial charge < -0.3 is 25.4 Å². The quantitative estimate of drug-likeness (QED) is 0.430. The third-order valence-corrected chi connectivity index (χ3v) is 2.54. The van der Waals surface area contributed by atoms with Crippen molar-refractivity contribution in [2.45, 2.75) is 44.3 Å². The molecule has 1 saturated heterocycles. The SMILES string of the molecule is CC(=O)N[C@@H]1[C@@H](O)[C@@H](O)[C@@H](CO)O[C@H]1C. The van der Waals surface area contributed by atoms with E-state index in [-0.39, 0.29) is 12.5 Å². The van der Waals surface area contributed by atoms with Gasteiger partial charge in [-0.1, -0.05) is 0 Å². The van der Waals surface area contributed by atoms with Crippen molar-refractivity contribution in [3.05, 3.63) is 0 Å². The summed E-state index contributed by atoms with van der Waals surface area (Å²) in [5.41, 5.74) is 0. The van der Waals surface area contributed by atoms with Gasteiger partial charge in [-0.2, -0.15) is 0 Å². The van der Waals surface area contributed by atoms with E-state index in [4.69, 9.17) is 9.84 Å². The van der Waals surface area contributed by atoms with Gasteiger partial charge in [-0.3, -0.25) is 4.79 Å². The largest absolute Gasteiger partial charge is 0.394 e. The van der Waals surface area contributed by atoms with Crippen LogP contribution in [0.15, 0.2) is 0 Å². The smallest absolute Gasteiger partial charge is 0.217 e. The second kappa shape index (κ2) is 4.89. The minimum Gasteiger partial charge on any atom is -0.394 e. The number of hydrogen-bond donors (Lipinski definition) is 4. The van der Waals surface area contributed by atoms with E-state index in [1.165, 1.54) is 6.92 Å². The van der Waals surface area contributed by atoms with E-state index in [0.29, 0.717) is 0 Å². The highest BCUT2D eigenvalue weighted by atomic mass is 16.5. The Kier molecular flexibility index (Phi) is 4.04. The molecule has 6 heteroatoms. The third kappa shape index (κ3) is 2.66. The second-order valence-electron chi connectivity index (χ2n) is 3.77. The zero-order chi connectivity index (χ0) is 11.6. The van der Waals surface area contributed by atoms with Crippen LogP contribution in [0.1, 0.15) is 13.8 Å². The number of hydrogen-bond acceptors (Lipinski definition) is 5. The molecule has 15 heavy (non-hydrogen) atoms. The van der Waals surface area contributed by atoms with E-state index in [1.807, 2.05) is 0 Å². The predicted octanol–water partition coefficient (Wildman–Crippen LogP) is -2.01. The highest BCUT2D eigenvalue weighted by Crippen LogP contribution is 2.20. The van der Waals surface area contributed by atoms with E-state index < -0.39 is 30.5 Å². The van der Waals surface area contributed by atoms with Crippen molar-refractivity contribution < 1.29 is 24.9 Å². The van der Waals surface area contributed by atoms with Crippen LogP contribution >= 0.6 is 0 Å². The molecule has 1 amide bonds. The van der Waals surface area contributed by atoms with Crippen LogP contribution in [-0.2, 0) is 9.53 Å². The zero-order valence-corrected chi connectivity index (χ0v) is 8.75. The number of nitrogens with one attached hydrogen (secondary N) is 1. The Morgan fingerprint density at radius 2 is 2.00 bits per heavy atom. The topological polar surface area (TPSA) is 99.0 Å². The molecule has 0 saturated carbocycles. The minimum absolute atomic E-state index is 0.302. The van der Waals surface area contributed by atoms with Gasteiger partial charge in [0.1, 0.15) is 18.3 Å². The monoisotopic (exact) mass is 219 g/mol. The van der Waals surface area contributed by atoms with Crippen molar-refractivity contribution in [1.29, 1.82) is 0 Å². The summed E-state index contributed by atoms with van der Waals surface area (Å²) in [6, 6.07) is -0.653. The Bertz CT molecular complexity index is 235. The molecular formula is C9H17NO5. The molecule has 0 aliphatic carbocycles. The molecule has 0 spiro atoms. The number of aliphatic hydroxyl groups excluding tert-OH is 3. The molecule has 0 radical (unpaired) electrons. The first-order valence-corrected chi connectivity index (χ1v) is 4.87. The van der Waals surface area contributed by atoms with Gasteiger partial charge in [0.25, 0.3) is 0 Å². The normalized spacial score (nSPS) is 41.3. The molecule has 1 aliphatic rings. The molecule has 1 rings (SSSR count). The Balaban J connectivity index is 2.70. The lowest BCUT2D eigenvalue weighted by Gasteiger charge is -2.41. The van der Waals surface area contributed by atoms with Gasteiger partial charge in [-0.05, 0) is 6.92 Å². The van der Waals surface area contributed by atoms with Crippen LogP contribution in [0.2, 0.25) is 0 Å². The zero-order valence-electron chi connectivity index (χ0n) is 8.75. The van der Waals surface area contributed by atoms with Gasteiger partial charge in [0.2, 0.25) is 5.91 Å². The lowest BCUT2D eigenvalue weighted by atomic mass is 9.93. The summed E-state index contributed by atoms with van der Waals surface area (Å²) >= 11 is 0. The van der Waals surface area contributed by atoms with Gasteiger partial charge in [0.15, 0.2) is 0 Å². The number of ether oxygens (including phenoxy) is 1. The van der Waals surface area contributed by atoms with Crippen LogP contribution in [0.25, 0.3) is 0 Å². The maximum Gasteiger partial charge on any atom is 0.217 e. The molecule has 0 bridgehead atoms. The van der Waals surface area contributed by atoms with Crippen molar-refractivity contribution in [3.8, 4) is 0 Å². The molecule has 88 valence electrons. The van der Waals surface area contributed by atoms with Crippen LogP contribution in [0, 0.1) is 0 Å². The highest BCUT2D eigenvalue weighted by molar-refractivity contribution is 5.73. The second-order valence-corrected chi connectivity index (χ2v) is 3.77. The van der Waals surface area contributed by atoms with Crippen molar-refractivity contribution >= 4 is 5.91 Å². The Morgan fingerprint density at radius 1 is 1.40 bits per heavy atom. The van der Waals surface area contributed by atoms with E-state index in [0.717, 1.165) is 0 Å². The predicted molar refractivity (Wildman–Crippen MR) is 51.0 cm³/mol. The summed E-state index contributed by atoms with van der Waals surface area (Å²) in [6.07, 6.45) is -3.58. The fourth-order valence-corrected chi connectivity index (χ4v) is 1.74. The van der Waals surface area contributed by atoms with E-state index in [2.05, 4.69) is 5.32 Å². The molecule has 0 aromatic rings. The average molecular weight is 219 g/mol. The maximum absolute atomic E-state index is 10.9. The molecule has 5 atom stereocenters. The lowest BCUT2D eigenvalue weighted by Crippen LogP contribution is -2.63. The number of rotatable bonds is 2. The van der Waals surface area contributed by atoms with Gasteiger partial charge in [-0.25, -0.2) is 0 Å². The number of carbonyl (C=O) groups is 1. The van der Waals surface area contributed by atoms with E-state index in [9.17, 15) is 15.0 Å². The first kappa shape index (κ1) is 12.4. The van der Waals surface area contributed by atoms with Crippen molar-refractivity contribution in [3.63, 3.8) is 0 Å². The summed E-state index contributed by atoms with van der Waals surface area (Å²) in [7, 11) is 0. The molecule has 0 aromatic heterocycles. The third-order valence-electron chi connectivity index (χ3n) is 2.54. The number of carbonyl (C=O) groups excluding carboxylic acids is 1. The van der Waals surface area contributed by atoms with Crippen molar-refractivity contribution in [1.82, 2.24) is 5.32 Å².